The van der Waals surface area contributed by atoms with Gasteiger partial charge in [-0.1, -0.05) is 26.2 Å². The van der Waals surface area contributed by atoms with Gasteiger partial charge in [-0.3, -0.25) is 9.89 Å². The fraction of sp³-hybridized carbons (Fsp3) is 0.636. The number of hydrogen-bond donors (Lipinski definition) is 2. The van der Waals surface area contributed by atoms with Gasteiger partial charge in [0.05, 0.1) is 11.9 Å². The molecule has 2 N–H and O–H groups in total. The van der Waals surface area contributed by atoms with E-state index in [1.807, 2.05) is 0 Å². The Morgan fingerprint density at radius 3 is 2.80 bits per heavy atom. The number of aromatic nitrogens is 2. The number of anilines is 1. The molecule has 0 spiro atoms. The molecule has 1 fully saturated rings. The molecule has 1 saturated carbocycles. The third kappa shape index (κ3) is 2.19. The van der Waals surface area contributed by atoms with Crippen molar-refractivity contribution in [1.29, 1.82) is 0 Å². The summed E-state index contributed by atoms with van der Waals surface area (Å²) in [6.07, 6.45) is 8.90. The molecule has 4 nitrogen and oxygen atoms in total. The molecule has 0 saturated heterocycles. The number of nitrogens with zero attached hydrogens (tertiary/aromatic N) is 1. The zero-order valence-electron chi connectivity index (χ0n) is 9.05. The van der Waals surface area contributed by atoms with Gasteiger partial charge in [-0.2, -0.15) is 5.10 Å². The fourth-order valence-electron chi connectivity index (χ4n) is 2.16. The summed E-state index contributed by atoms with van der Waals surface area (Å²) in [5, 5.41) is 9.39. The molecule has 1 aromatic rings. The van der Waals surface area contributed by atoms with Crippen LogP contribution < -0.4 is 5.32 Å². The van der Waals surface area contributed by atoms with Crippen LogP contribution in [0.15, 0.2) is 12.4 Å². The predicted octanol–water partition coefficient (Wildman–Crippen LogP) is 2.32. The minimum absolute atomic E-state index is 0.128. The van der Waals surface area contributed by atoms with E-state index >= 15 is 0 Å². The minimum Gasteiger partial charge on any atom is -0.323 e. The van der Waals surface area contributed by atoms with Crippen molar-refractivity contribution < 1.29 is 4.79 Å². The summed E-state index contributed by atoms with van der Waals surface area (Å²) in [7, 11) is 0. The zero-order valence-corrected chi connectivity index (χ0v) is 9.05. The summed E-state index contributed by atoms with van der Waals surface area (Å²) in [6, 6.07) is 0. The van der Waals surface area contributed by atoms with Crippen molar-refractivity contribution in [2.75, 3.05) is 5.32 Å². The van der Waals surface area contributed by atoms with Crippen LogP contribution in [-0.4, -0.2) is 16.1 Å². The fourth-order valence-corrected chi connectivity index (χ4v) is 2.16. The number of amides is 1. The van der Waals surface area contributed by atoms with Crippen molar-refractivity contribution in [3.05, 3.63) is 12.4 Å². The van der Waals surface area contributed by atoms with Gasteiger partial charge in [-0.05, 0) is 12.8 Å². The monoisotopic (exact) mass is 207 g/mol. The number of aromatic amines is 1. The van der Waals surface area contributed by atoms with Gasteiger partial charge in [-0.25, -0.2) is 0 Å². The van der Waals surface area contributed by atoms with E-state index in [9.17, 15) is 4.79 Å². The Kier molecular flexibility index (Phi) is 2.75. The maximum absolute atomic E-state index is 12.0. The van der Waals surface area contributed by atoms with Gasteiger partial charge in [0.1, 0.15) is 0 Å². The van der Waals surface area contributed by atoms with Gasteiger partial charge < -0.3 is 5.32 Å². The van der Waals surface area contributed by atoms with Crippen LogP contribution in [0.3, 0.4) is 0 Å². The van der Waals surface area contributed by atoms with Crippen molar-refractivity contribution in [1.82, 2.24) is 10.2 Å². The molecule has 2 rings (SSSR count). The molecule has 15 heavy (non-hydrogen) atoms. The summed E-state index contributed by atoms with van der Waals surface area (Å²) in [5.41, 5.74) is 0.571. The standard InChI is InChI=1S/C11H17N3O/c1-11(5-3-2-4-6-11)10(15)14-9-7-12-13-8-9/h7-8H,2-6H2,1H3,(H,12,13)(H,14,15). The Hall–Kier alpha value is -1.32. The second kappa shape index (κ2) is 4.04. The van der Waals surface area contributed by atoms with Crippen molar-refractivity contribution in [2.24, 2.45) is 5.41 Å². The van der Waals surface area contributed by atoms with Crippen molar-refractivity contribution in [2.45, 2.75) is 39.0 Å². The minimum atomic E-state index is -0.185. The molecule has 1 aliphatic rings. The third-order valence-corrected chi connectivity index (χ3v) is 3.26. The molecule has 0 unspecified atom stereocenters. The van der Waals surface area contributed by atoms with Gasteiger partial charge in [-0.15, -0.1) is 0 Å². The zero-order chi connectivity index (χ0) is 10.7. The molecule has 1 amide bonds. The van der Waals surface area contributed by atoms with E-state index in [0.29, 0.717) is 0 Å². The number of carbonyl (C=O) groups excluding carboxylic acids is 1. The van der Waals surface area contributed by atoms with Crippen LogP contribution >= 0.6 is 0 Å². The summed E-state index contributed by atoms with van der Waals surface area (Å²) in [4.78, 5) is 12.0. The molecule has 0 bridgehead atoms. The van der Waals surface area contributed by atoms with Crippen molar-refractivity contribution in [3.8, 4) is 0 Å². The van der Waals surface area contributed by atoms with Crippen LogP contribution in [0.2, 0.25) is 0 Å². The van der Waals surface area contributed by atoms with E-state index in [1.54, 1.807) is 12.4 Å². The van der Waals surface area contributed by atoms with Gasteiger partial charge in [0.25, 0.3) is 0 Å². The summed E-state index contributed by atoms with van der Waals surface area (Å²) < 4.78 is 0. The van der Waals surface area contributed by atoms with E-state index in [0.717, 1.165) is 31.4 Å². The van der Waals surface area contributed by atoms with Gasteiger partial charge in [0, 0.05) is 11.6 Å². The SMILES string of the molecule is CC1(C(=O)Nc2cn[nH]c2)CCCCC1. The molecule has 82 valence electrons. The Morgan fingerprint density at radius 1 is 1.47 bits per heavy atom. The number of rotatable bonds is 2. The number of hydrogen-bond acceptors (Lipinski definition) is 2. The quantitative estimate of drug-likeness (QED) is 0.781. The third-order valence-electron chi connectivity index (χ3n) is 3.26. The van der Waals surface area contributed by atoms with Gasteiger partial charge in [0.15, 0.2) is 0 Å². The van der Waals surface area contributed by atoms with E-state index in [2.05, 4.69) is 22.4 Å². The first kappa shape index (κ1) is 10.2. The largest absolute Gasteiger partial charge is 0.323 e. The van der Waals surface area contributed by atoms with Crippen LogP contribution in [0, 0.1) is 5.41 Å². The number of H-pyrrole nitrogens is 1. The maximum atomic E-state index is 12.0. The Bertz CT molecular complexity index is 326. The maximum Gasteiger partial charge on any atom is 0.230 e. The average molecular weight is 207 g/mol. The topological polar surface area (TPSA) is 57.8 Å². The van der Waals surface area contributed by atoms with E-state index in [-0.39, 0.29) is 11.3 Å². The van der Waals surface area contributed by atoms with Crippen molar-refractivity contribution in [3.63, 3.8) is 0 Å². The summed E-state index contributed by atoms with van der Waals surface area (Å²) in [5.74, 6) is 0.128. The lowest BCUT2D eigenvalue weighted by atomic mass is 9.75. The second-order valence-corrected chi connectivity index (χ2v) is 4.56. The molecular formula is C11H17N3O. The van der Waals surface area contributed by atoms with Gasteiger partial charge in [0.2, 0.25) is 5.91 Å². The average Bonchev–Trinajstić information content (AvgIpc) is 2.71. The van der Waals surface area contributed by atoms with Crippen LogP contribution in [-0.2, 0) is 4.79 Å². The molecule has 1 aromatic heterocycles. The van der Waals surface area contributed by atoms with E-state index < -0.39 is 0 Å². The van der Waals surface area contributed by atoms with Crippen LogP contribution in [0.25, 0.3) is 0 Å². The molecule has 0 aliphatic heterocycles. The first-order chi connectivity index (χ1) is 7.21. The lowest BCUT2D eigenvalue weighted by Crippen LogP contribution is -2.35. The highest BCUT2D eigenvalue weighted by Gasteiger charge is 2.34. The van der Waals surface area contributed by atoms with E-state index in [4.69, 9.17) is 0 Å². The Labute approximate surface area is 89.5 Å². The molecule has 4 heteroatoms. The van der Waals surface area contributed by atoms with Crippen LogP contribution in [0.1, 0.15) is 39.0 Å². The molecule has 0 atom stereocenters. The molecule has 1 aliphatic carbocycles. The normalized spacial score (nSPS) is 19.8. The first-order valence-electron chi connectivity index (χ1n) is 5.51. The highest BCUT2D eigenvalue weighted by molar-refractivity contribution is 5.94. The van der Waals surface area contributed by atoms with Gasteiger partial charge >= 0.3 is 0 Å². The van der Waals surface area contributed by atoms with Crippen molar-refractivity contribution >= 4 is 11.6 Å². The lowest BCUT2D eigenvalue weighted by Gasteiger charge is -2.31. The molecule has 0 radical (unpaired) electrons. The van der Waals surface area contributed by atoms with Crippen LogP contribution in [0.4, 0.5) is 5.69 Å². The Balaban J connectivity index is 2.00. The highest BCUT2D eigenvalue weighted by Crippen LogP contribution is 2.36. The smallest absolute Gasteiger partial charge is 0.230 e. The highest BCUT2D eigenvalue weighted by atomic mass is 16.2. The lowest BCUT2D eigenvalue weighted by molar-refractivity contribution is -0.126. The molecule has 0 aromatic carbocycles. The molecule has 1 heterocycles. The summed E-state index contributed by atoms with van der Waals surface area (Å²) in [6.45, 7) is 2.06. The second-order valence-electron chi connectivity index (χ2n) is 4.56. The summed E-state index contributed by atoms with van der Waals surface area (Å²) >= 11 is 0. The molecular weight excluding hydrogens is 190 g/mol. The number of carbonyl (C=O) groups is 1. The van der Waals surface area contributed by atoms with E-state index in [1.165, 1.54) is 6.42 Å². The first-order valence-corrected chi connectivity index (χ1v) is 5.51. The van der Waals surface area contributed by atoms with Crippen LogP contribution in [0.5, 0.6) is 0 Å². The predicted molar refractivity (Wildman–Crippen MR) is 58.4 cm³/mol. The Morgan fingerprint density at radius 2 is 2.20 bits per heavy atom. The number of nitrogens with one attached hydrogen (secondary N) is 2.